The predicted octanol–water partition coefficient (Wildman–Crippen LogP) is 4.02. The van der Waals surface area contributed by atoms with E-state index in [1.165, 1.54) is 12.1 Å². The maximum atomic E-state index is 13.3. The van der Waals surface area contributed by atoms with Crippen LogP contribution in [0.2, 0.25) is 0 Å². The van der Waals surface area contributed by atoms with Gasteiger partial charge in [-0.1, -0.05) is 18.2 Å². The Balaban J connectivity index is 1.84. The molecule has 0 spiro atoms. The summed E-state index contributed by atoms with van der Waals surface area (Å²) in [5, 5.41) is 0. The molecule has 0 N–H and O–H groups in total. The number of ether oxygens (including phenoxy) is 1. The molecular formula is C20H19FN2O2. The number of carbonyl (C=O) groups is 1. The fourth-order valence-corrected chi connectivity index (χ4v) is 2.68. The highest BCUT2D eigenvalue weighted by Crippen LogP contribution is 2.21. The van der Waals surface area contributed by atoms with Crippen LogP contribution in [0.25, 0.3) is 6.08 Å². The monoisotopic (exact) mass is 338 g/mol. The van der Waals surface area contributed by atoms with Crippen LogP contribution in [0.5, 0.6) is 0 Å². The smallest absolute Gasteiger partial charge is 0.363 e. The number of cyclic esters (lactones) is 1. The summed E-state index contributed by atoms with van der Waals surface area (Å²) in [6.45, 7) is 6.09. The van der Waals surface area contributed by atoms with Crippen molar-refractivity contribution in [3.8, 4) is 0 Å². The third-order valence-corrected chi connectivity index (χ3v) is 4.02. The number of rotatable bonds is 5. The Morgan fingerprint density at radius 1 is 1.12 bits per heavy atom. The molecule has 1 heterocycles. The third-order valence-electron chi connectivity index (χ3n) is 4.02. The van der Waals surface area contributed by atoms with Gasteiger partial charge in [0.25, 0.3) is 0 Å². The molecule has 0 radical (unpaired) electrons. The molecule has 0 aromatic heterocycles. The zero-order chi connectivity index (χ0) is 17.8. The van der Waals surface area contributed by atoms with Gasteiger partial charge in [-0.2, -0.15) is 0 Å². The van der Waals surface area contributed by atoms with E-state index in [2.05, 4.69) is 23.7 Å². The molecule has 0 amide bonds. The first-order valence-electron chi connectivity index (χ1n) is 8.24. The van der Waals surface area contributed by atoms with Crippen molar-refractivity contribution >= 4 is 23.6 Å². The molecule has 0 atom stereocenters. The number of hydrogen-bond donors (Lipinski definition) is 0. The number of benzene rings is 2. The molecule has 1 aliphatic heterocycles. The molecule has 5 heteroatoms. The zero-order valence-electron chi connectivity index (χ0n) is 14.2. The van der Waals surface area contributed by atoms with Gasteiger partial charge >= 0.3 is 5.97 Å². The lowest BCUT2D eigenvalue weighted by atomic mass is 10.1. The van der Waals surface area contributed by atoms with Crippen molar-refractivity contribution in [2.45, 2.75) is 13.8 Å². The molecular weight excluding hydrogens is 319 g/mol. The van der Waals surface area contributed by atoms with E-state index in [4.69, 9.17) is 4.74 Å². The third kappa shape index (κ3) is 3.76. The average molecular weight is 338 g/mol. The van der Waals surface area contributed by atoms with E-state index >= 15 is 0 Å². The van der Waals surface area contributed by atoms with Gasteiger partial charge in [-0.05, 0) is 55.8 Å². The van der Waals surface area contributed by atoms with Crippen molar-refractivity contribution in [1.29, 1.82) is 0 Å². The summed E-state index contributed by atoms with van der Waals surface area (Å²) in [5.41, 5.74) is 2.63. The summed E-state index contributed by atoms with van der Waals surface area (Å²) < 4.78 is 18.5. The summed E-state index contributed by atoms with van der Waals surface area (Å²) in [7, 11) is 0. The van der Waals surface area contributed by atoms with E-state index in [0.29, 0.717) is 5.56 Å². The highest BCUT2D eigenvalue weighted by Gasteiger charge is 2.24. The SMILES string of the molecule is CCN(CC)c1ccc(C=C2N=C(c3cccc(F)c3)OC2=O)cc1. The van der Waals surface area contributed by atoms with Crippen molar-refractivity contribution < 1.29 is 13.9 Å². The summed E-state index contributed by atoms with van der Waals surface area (Å²) in [4.78, 5) is 18.4. The van der Waals surface area contributed by atoms with Gasteiger partial charge in [-0.3, -0.25) is 0 Å². The Morgan fingerprint density at radius 3 is 2.48 bits per heavy atom. The molecule has 3 rings (SSSR count). The minimum atomic E-state index is -0.535. The lowest BCUT2D eigenvalue weighted by molar-refractivity contribution is -0.129. The predicted molar refractivity (Wildman–Crippen MR) is 97.0 cm³/mol. The first-order valence-corrected chi connectivity index (χ1v) is 8.24. The first kappa shape index (κ1) is 16.9. The van der Waals surface area contributed by atoms with Crippen LogP contribution in [0.3, 0.4) is 0 Å². The van der Waals surface area contributed by atoms with Crippen molar-refractivity contribution in [3.63, 3.8) is 0 Å². The number of aliphatic imine (C=N–C) groups is 1. The van der Waals surface area contributed by atoms with Crippen molar-refractivity contribution in [1.82, 2.24) is 0 Å². The summed E-state index contributed by atoms with van der Waals surface area (Å²) in [5.74, 6) is -0.816. The van der Waals surface area contributed by atoms with Gasteiger partial charge in [-0.15, -0.1) is 0 Å². The largest absolute Gasteiger partial charge is 0.402 e. The van der Waals surface area contributed by atoms with Gasteiger partial charge in [0.05, 0.1) is 0 Å². The Kier molecular flexibility index (Phi) is 4.93. The van der Waals surface area contributed by atoms with E-state index in [-0.39, 0.29) is 11.6 Å². The van der Waals surface area contributed by atoms with Crippen LogP contribution in [-0.2, 0) is 9.53 Å². The lowest BCUT2D eigenvalue weighted by Crippen LogP contribution is -2.21. The first-order chi connectivity index (χ1) is 12.1. The van der Waals surface area contributed by atoms with Crippen molar-refractivity contribution in [2.75, 3.05) is 18.0 Å². The minimum Gasteiger partial charge on any atom is -0.402 e. The highest BCUT2D eigenvalue weighted by molar-refractivity contribution is 6.12. The number of esters is 1. The van der Waals surface area contributed by atoms with E-state index in [9.17, 15) is 9.18 Å². The second-order valence-corrected chi connectivity index (χ2v) is 5.61. The number of carbonyl (C=O) groups excluding carboxylic acids is 1. The number of nitrogens with zero attached hydrogens (tertiary/aromatic N) is 2. The molecule has 2 aromatic carbocycles. The van der Waals surface area contributed by atoms with Gasteiger partial charge in [0, 0.05) is 24.3 Å². The topological polar surface area (TPSA) is 41.9 Å². The maximum Gasteiger partial charge on any atom is 0.363 e. The van der Waals surface area contributed by atoms with Crippen LogP contribution in [0.1, 0.15) is 25.0 Å². The maximum absolute atomic E-state index is 13.3. The normalized spacial score (nSPS) is 15.2. The van der Waals surface area contributed by atoms with Gasteiger partial charge < -0.3 is 9.64 Å². The summed E-state index contributed by atoms with van der Waals surface area (Å²) >= 11 is 0. The van der Waals surface area contributed by atoms with E-state index in [1.807, 2.05) is 24.3 Å². The molecule has 0 saturated heterocycles. The second-order valence-electron chi connectivity index (χ2n) is 5.61. The van der Waals surface area contributed by atoms with Crippen molar-refractivity contribution in [2.24, 2.45) is 4.99 Å². The van der Waals surface area contributed by atoms with Gasteiger partial charge in [0.2, 0.25) is 5.90 Å². The number of hydrogen-bond acceptors (Lipinski definition) is 4. The van der Waals surface area contributed by atoms with E-state index in [1.54, 1.807) is 18.2 Å². The molecule has 4 nitrogen and oxygen atoms in total. The average Bonchev–Trinajstić information content (AvgIpc) is 2.98. The van der Waals surface area contributed by atoms with Crippen LogP contribution >= 0.6 is 0 Å². The molecule has 0 saturated carbocycles. The molecule has 128 valence electrons. The molecule has 0 bridgehead atoms. The lowest BCUT2D eigenvalue weighted by Gasteiger charge is -2.20. The van der Waals surface area contributed by atoms with Gasteiger partial charge in [-0.25, -0.2) is 14.2 Å². The quantitative estimate of drug-likeness (QED) is 0.611. The van der Waals surface area contributed by atoms with Crippen LogP contribution in [-0.4, -0.2) is 25.0 Å². The summed E-state index contributed by atoms with van der Waals surface area (Å²) in [6.07, 6.45) is 1.67. The second kappa shape index (κ2) is 7.30. The molecule has 1 aliphatic rings. The Bertz CT molecular complexity index is 837. The minimum absolute atomic E-state index is 0.121. The Labute approximate surface area is 146 Å². The van der Waals surface area contributed by atoms with Crippen LogP contribution in [0.4, 0.5) is 10.1 Å². The van der Waals surface area contributed by atoms with Gasteiger partial charge in [0.15, 0.2) is 5.70 Å². The van der Waals surface area contributed by atoms with Crippen LogP contribution in [0, 0.1) is 5.82 Å². The van der Waals surface area contributed by atoms with Crippen LogP contribution in [0.15, 0.2) is 59.2 Å². The zero-order valence-corrected chi connectivity index (χ0v) is 14.2. The Hall–Kier alpha value is -2.95. The molecule has 0 unspecified atom stereocenters. The van der Waals surface area contributed by atoms with E-state index < -0.39 is 11.8 Å². The molecule has 0 aliphatic carbocycles. The molecule has 2 aromatic rings. The molecule has 25 heavy (non-hydrogen) atoms. The van der Waals surface area contributed by atoms with Crippen molar-refractivity contribution in [3.05, 3.63) is 71.2 Å². The highest BCUT2D eigenvalue weighted by atomic mass is 19.1. The molecule has 0 fully saturated rings. The number of halogens is 1. The standard InChI is InChI=1S/C20H19FN2O2/c1-3-23(4-2)17-10-8-14(9-11-17)12-18-20(24)25-19(22-18)15-6-5-7-16(21)13-15/h5-13H,3-4H2,1-2H3. The van der Waals surface area contributed by atoms with E-state index in [0.717, 1.165) is 24.3 Å². The van der Waals surface area contributed by atoms with Gasteiger partial charge in [0.1, 0.15) is 5.82 Å². The summed E-state index contributed by atoms with van der Waals surface area (Å²) in [6, 6.07) is 13.7. The number of anilines is 1. The Morgan fingerprint density at radius 2 is 1.84 bits per heavy atom. The fourth-order valence-electron chi connectivity index (χ4n) is 2.68. The fraction of sp³-hybridized carbons (Fsp3) is 0.200. The van der Waals surface area contributed by atoms with Crippen LogP contribution < -0.4 is 4.90 Å².